The minimum absolute atomic E-state index is 0.0312. The van der Waals surface area contributed by atoms with Crippen molar-refractivity contribution in [2.45, 2.75) is 13.0 Å². The Morgan fingerprint density at radius 2 is 1.71 bits per heavy atom. The second-order valence-corrected chi connectivity index (χ2v) is 6.89. The monoisotopic (exact) mass is 388 g/mol. The fourth-order valence-corrected chi connectivity index (χ4v) is 3.18. The quantitative estimate of drug-likeness (QED) is 0.406. The molecule has 0 aliphatic carbocycles. The van der Waals surface area contributed by atoms with Crippen LogP contribution in [0.25, 0.3) is 0 Å². The Morgan fingerprint density at radius 3 is 2.39 bits per heavy atom. The highest BCUT2D eigenvalue weighted by molar-refractivity contribution is 7.80. The van der Waals surface area contributed by atoms with Crippen molar-refractivity contribution in [3.8, 4) is 5.75 Å². The van der Waals surface area contributed by atoms with E-state index in [2.05, 4.69) is 60.5 Å². The van der Waals surface area contributed by atoms with E-state index in [-0.39, 0.29) is 6.04 Å². The Hall–Kier alpha value is -3.11. The van der Waals surface area contributed by atoms with Gasteiger partial charge in [-0.25, -0.2) is 0 Å². The molecule has 0 fully saturated rings. The molecule has 4 heteroatoms. The van der Waals surface area contributed by atoms with Gasteiger partial charge in [0.1, 0.15) is 12.4 Å². The van der Waals surface area contributed by atoms with Gasteiger partial charge in [0.2, 0.25) is 0 Å². The maximum atomic E-state index is 5.58. The van der Waals surface area contributed by atoms with Crippen LogP contribution in [0.15, 0.2) is 91.5 Å². The van der Waals surface area contributed by atoms with Crippen molar-refractivity contribution in [1.82, 2.24) is 5.32 Å². The Balaban J connectivity index is 1.73. The molecular weight excluding hydrogens is 364 g/mol. The number of aryl methyl sites for hydroxylation is 1. The summed E-state index contributed by atoms with van der Waals surface area (Å²) in [6.45, 7) is 6.24. The fourth-order valence-electron chi connectivity index (χ4n) is 2.94. The van der Waals surface area contributed by atoms with Gasteiger partial charge in [-0.3, -0.25) is 0 Å². The highest BCUT2D eigenvalue weighted by Crippen LogP contribution is 2.23. The lowest BCUT2D eigenvalue weighted by atomic mass is 9.97. The van der Waals surface area contributed by atoms with E-state index >= 15 is 0 Å². The van der Waals surface area contributed by atoms with Crippen molar-refractivity contribution in [2.24, 2.45) is 0 Å². The first-order valence-electron chi connectivity index (χ1n) is 9.18. The average molecular weight is 389 g/mol. The maximum Gasteiger partial charge on any atom is 0.171 e. The van der Waals surface area contributed by atoms with Gasteiger partial charge in [0.15, 0.2) is 5.11 Å². The molecule has 1 atom stereocenters. The molecule has 0 radical (unpaired) electrons. The SMILES string of the molecule is C=CCOc1ccc(NC(=S)NC(c2ccccc2)c2cccc(C)c2)cc1. The summed E-state index contributed by atoms with van der Waals surface area (Å²) in [6, 6.07) is 26.4. The third-order valence-corrected chi connectivity index (χ3v) is 4.48. The summed E-state index contributed by atoms with van der Waals surface area (Å²) in [5.41, 5.74) is 4.45. The molecule has 0 spiro atoms. The molecule has 0 bridgehead atoms. The van der Waals surface area contributed by atoms with Crippen molar-refractivity contribution >= 4 is 23.0 Å². The lowest BCUT2D eigenvalue weighted by molar-refractivity contribution is 0.363. The van der Waals surface area contributed by atoms with Crippen LogP contribution in [0.2, 0.25) is 0 Å². The number of thiocarbonyl (C=S) groups is 1. The smallest absolute Gasteiger partial charge is 0.171 e. The minimum atomic E-state index is -0.0312. The summed E-state index contributed by atoms with van der Waals surface area (Å²) in [5.74, 6) is 0.797. The molecule has 2 N–H and O–H groups in total. The molecule has 0 saturated carbocycles. The van der Waals surface area contributed by atoms with E-state index in [1.54, 1.807) is 6.08 Å². The van der Waals surface area contributed by atoms with Gasteiger partial charge in [-0.15, -0.1) is 0 Å². The van der Waals surface area contributed by atoms with E-state index in [4.69, 9.17) is 17.0 Å². The normalized spacial score (nSPS) is 11.3. The van der Waals surface area contributed by atoms with Gasteiger partial charge < -0.3 is 15.4 Å². The molecule has 1 unspecified atom stereocenters. The zero-order valence-corrected chi connectivity index (χ0v) is 16.7. The molecule has 0 heterocycles. The number of hydrogen-bond acceptors (Lipinski definition) is 2. The van der Waals surface area contributed by atoms with Crippen molar-refractivity contribution in [1.29, 1.82) is 0 Å². The largest absolute Gasteiger partial charge is 0.490 e. The van der Waals surface area contributed by atoms with Gasteiger partial charge in [-0.05, 0) is 54.5 Å². The topological polar surface area (TPSA) is 33.3 Å². The standard InChI is InChI=1S/C24H24N2OS/c1-3-16-27-22-14-12-21(13-15-22)25-24(28)26-23(19-9-5-4-6-10-19)20-11-7-8-18(2)17-20/h3-15,17,23H,1,16H2,2H3,(H2,25,26,28). The van der Waals surface area contributed by atoms with E-state index in [9.17, 15) is 0 Å². The second-order valence-electron chi connectivity index (χ2n) is 6.48. The zero-order chi connectivity index (χ0) is 19.8. The second kappa shape index (κ2) is 9.72. The molecule has 28 heavy (non-hydrogen) atoms. The number of ether oxygens (including phenoxy) is 1. The van der Waals surface area contributed by atoms with E-state index < -0.39 is 0 Å². The van der Waals surface area contributed by atoms with E-state index in [1.807, 2.05) is 42.5 Å². The summed E-state index contributed by atoms with van der Waals surface area (Å²) in [7, 11) is 0. The lowest BCUT2D eigenvalue weighted by Crippen LogP contribution is -2.33. The average Bonchev–Trinajstić information content (AvgIpc) is 2.72. The number of benzene rings is 3. The first-order chi connectivity index (χ1) is 13.7. The van der Waals surface area contributed by atoms with Crippen LogP contribution >= 0.6 is 12.2 Å². The van der Waals surface area contributed by atoms with Crippen LogP contribution in [-0.4, -0.2) is 11.7 Å². The molecule has 0 amide bonds. The van der Waals surface area contributed by atoms with Gasteiger partial charge in [-0.1, -0.05) is 72.8 Å². The molecule has 0 aromatic heterocycles. The molecule has 3 aromatic rings. The molecule has 0 saturated heterocycles. The van der Waals surface area contributed by atoms with Crippen LogP contribution in [0, 0.1) is 6.92 Å². The predicted octanol–water partition coefficient (Wildman–Crippen LogP) is 5.64. The fraction of sp³-hybridized carbons (Fsp3) is 0.125. The van der Waals surface area contributed by atoms with Crippen molar-refractivity contribution < 1.29 is 4.74 Å². The van der Waals surface area contributed by atoms with Crippen molar-refractivity contribution in [3.05, 3.63) is 108 Å². The molecule has 0 aliphatic heterocycles. The van der Waals surface area contributed by atoms with Gasteiger partial charge in [-0.2, -0.15) is 0 Å². The van der Waals surface area contributed by atoms with Crippen LogP contribution in [-0.2, 0) is 0 Å². The third-order valence-electron chi connectivity index (χ3n) is 4.26. The summed E-state index contributed by atoms with van der Waals surface area (Å²) in [4.78, 5) is 0. The Kier molecular flexibility index (Phi) is 6.82. The predicted molar refractivity (Wildman–Crippen MR) is 121 cm³/mol. The number of hydrogen-bond donors (Lipinski definition) is 2. The van der Waals surface area contributed by atoms with E-state index in [1.165, 1.54) is 11.1 Å². The Bertz CT molecular complexity index is 923. The van der Waals surface area contributed by atoms with Crippen LogP contribution in [0.1, 0.15) is 22.7 Å². The summed E-state index contributed by atoms with van der Waals surface area (Å²) in [6.07, 6.45) is 1.72. The molecule has 3 aromatic carbocycles. The molecular formula is C24H24N2OS. The van der Waals surface area contributed by atoms with Crippen LogP contribution in [0.5, 0.6) is 5.75 Å². The molecule has 0 aliphatic rings. The van der Waals surface area contributed by atoms with Gasteiger partial charge >= 0.3 is 0 Å². The third kappa shape index (κ3) is 5.44. The Morgan fingerprint density at radius 1 is 1.00 bits per heavy atom. The van der Waals surface area contributed by atoms with Crippen LogP contribution in [0.4, 0.5) is 5.69 Å². The van der Waals surface area contributed by atoms with Crippen molar-refractivity contribution in [3.63, 3.8) is 0 Å². The van der Waals surface area contributed by atoms with E-state index in [0.29, 0.717) is 11.7 Å². The number of rotatable bonds is 7. The summed E-state index contributed by atoms with van der Waals surface area (Å²) >= 11 is 5.58. The first-order valence-corrected chi connectivity index (χ1v) is 9.59. The summed E-state index contributed by atoms with van der Waals surface area (Å²) < 4.78 is 5.51. The molecule has 3 nitrogen and oxygen atoms in total. The van der Waals surface area contributed by atoms with Gasteiger partial charge in [0.25, 0.3) is 0 Å². The number of nitrogens with one attached hydrogen (secondary N) is 2. The van der Waals surface area contributed by atoms with Crippen LogP contribution in [0.3, 0.4) is 0 Å². The van der Waals surface area contributed by atoms with E-state index in [0.717, 1.165) is 17.0 Å². The highest BCUT2D eigenvalue weighted by Gasteiger charge is 2.15. The zero-order valence-electron chi connectivity index (χ0n) is 15.9. The Labute approximate surface area is 172 Å². The lowest BCUT2D eigenvalue weighted by Gasteiger charge is -2.22. The number of anilines is 1. The van der Waals surface area contributed by atoms with Gasteiger partial charge in [0.05, 0.1) is 6.04 Å². The molecule has 142 valence electrons. The van der Waals surface area contributed by atoms with Gasteiger partial charge in [0, 0.05) is 5.69 Å². The highest BCUT2D eigenvalue weighted by atomic mass is 32.1. The van der Waals surface area contributed by atoms with Crippen molar-refractivity contribution in [2.75, 3.05) is 11.9 Å². The first kappa shape index (κ1) is 19.6. The summed E-state index contributed by atoms with van der Waals surface area (Å²) in [5, 5.41) is 7.27. The van der Waals surface area contributed by atoms with Crippen LogP contribution < -0.4 is 15.4 Å². The minimum Gasteiger partial charge on any atom is -0.490 e. The maximum absolute atomic E-state index is 5.58. The molecule has 3 rings (SSSR count).